The first-order valence-electron chi connectivity index (χ1n) is 6.18. The molecule has 0 heterocycles. The van der Waals surface area contributed by atoms with Crippen LogP contribution >= 0.6 is 11.6 Å². The summed E-state index contributed by atoms with van der Waals surface area (Å²) in [4.78, 5) is 0. The monoisotopic (exact) mass is 332 g/mol. The molecule has 116 valence electrons. The molecule has 0 aromatic carbocycles. The van der Waals surface area contributed by atoms with Crippen molar-refractivity contribution in [3.8, 4) is 0 Å². The molecular weight excluding hydrogens is 317 g/mol. The molecule has 0 aromatic heterocycles. The zero-order valence-corrected chi connectivity index (χ0v) is 12.7. The fourth-order valence-electron chi connectivity index (χ4n) is 3.72. The summed E-state index contributed by atoms with van der Waals surface area (Å²) in [5, 5.41) is 0. The van der Waals surface area contributed by atoms with E-state index in [-0.39, 0.29) is 18.2 Å². The van der Waals surface area contributed by atoms with Gasteiger partial charge in [0.05, 0.1) is 0 Å². The summed E-state index contributed by atoms with van der Waals surface area (Å²) >= 11 is 5.87. The van der Waals surface area contributed by atoms with Crippen molar-refractivity contribution in [2.75, 3.05) is 5.88 Å². The molecule has 0 spiro atoms. The maximum atomic E-state index is 12.6. The van der Waals surface area contributed by atoms with Crippen LogP contribution in [0, 0.1) is 17.3 Å². The molecule has 2 bridgehead atoms. The minimum Gasteiger partial charge on any atom is -0.252 e. The number of fused-ring (bicyclic) bond motifs is 2. The second kappa shape index (κ2) is 4.36. The van der Waals surface area contributed by atoms with Gasteiger partial charge in [0.15, 0.2) is 0 Å². The van der Waals surface area contributed by atoms with Crippen LogP contribution in [0.1, 0.15) is 26.7 Å². The van der Waals surface area contributed by atoms with Crippen molar-refractivity contribution in [3.63, 3.8) is 0 Å². The predicted molar refractivity (Wildman–Crippen MR) is 68.6 cm³/mol. The maximum Gasteiger partial charge on any atom is 0.523 e. The van der Waals surface area contributed by atoms with Gasteiger partial charge in [-0.3, -0.25) is 4.18 Å². The molecule has 2 saturated carbocycles. The number of hydrogen-bond acceptors (Lipinski definition) is 3. The van der Waals surface area contributed by atoms with E-state index in [1.165, 1.54) is 0 Å². The van der Waals surface area contributed by atoms with E-state index in [0.717, 1.165) is 0 Å². The first-order valence-corrected chi connectivity index (χ1v) is 8.12. The molecule has 2 aliphatic carbocycles. The van der Waals surface area contributed by atoms with Gasteiger partial charge in [0.1, 0.15) is 5.60 Å². The summed E-state index contributed by atoms with van der Waals surface area (Å²) in [7, 11) is -5.67. The lowest BCUT2D eigenvalue weighted by molar-refractivity contribution is -0.0641. The van der Waals surface area contributed by atoms with E-state index in [2.05, 4.69) is 10.8 Å². The summed E-state index contributed by atoms with van der Waals surface area (Å²) in [6, 6.07) is 0. The number of alkyl halides is 4. The van der Waals surface area contributed by atoms with E-state index in [1.54, 1.807) is 0 Å². The Morgan fingerprint density at radius 1 is 1.45 bits per heavy atom. The van der Waals surface area contributed by atoms with Gasteiger partial charge in [0.2, 0.25) is 0 Å². The van der Waals surface area contributed by atoms with Crippen LogP contribution in [0.3, 0.4) is 0 Å². The second-order valence-electron chi connectivity index (χ2n) is 5.98. The van der Waals surface area contributed by atoms with Crippen LogP contribution in [0.2, 0.25) is 0 Å². The standard InChI is InChI=1S/C12H16ClF3O3S/c1-7-10(2,3)8-4-5-11(7,9(8)6-13)19-20(17,18)12(14,15)16/h8-9H,1,4-6H2,2-3H3/t8-,9?,11+/m1/s1. The molecule has 0 aliphatic heterocycles. The lowest BCUT2D eigenvalue weighted by Gasteiger charge is -2.37. The highest BCUT2D eigenvalue weighted by atomic mass is 35.5. The van der Waals surface area contributed by atoms with Crippen LogP contribution in [0.15, 0.2) is 12.2 Å². The first-order chi connectivity index (χ1) is 8.90. The number of halogens is 4. The average Bonchev–Trinajstić information content (AvgIpc) is 2.70. The van der Waals surface area contributed by atoms with Crippen LogP contribution < -0.4 is 0 Å². The molecular formula is C12H16ClF3O3S. The SMILES string of the molecule is C=C1C(C)(C)[C@@H]2CC[C@@]1(OS(=O)(=O)C(F)(F)F)C2CCl. The van der Waals surface area contributed by atoms with Crippen molar-refractivity contribution < 1.29 is 25.8 Å². The fourth-order valence-corrected chi connectivity index (χ4v) is 4.98. The van der Waals surface area contributed by atoms with Gasteiger partial charge in [0, 0.05) is 11.8 Å². The molecule has 3 atom stereocenters. The lowest BCUT2D eigenvalue weighted by Crippen LogP contribution is -2.43. The Bertz CT molecular complexity index is 541. The number of rotatable bonds is 3. The average molecular weight is 333 g/mol. The summed E-state index contributed by atoms with van der Waals surface area (Å²) in [6.07, 6.45) is 0.781. The maximum absolute atomic E-state index is 12.6. The second-order valence-corrected chi connectivity index (χ2v) is 7.83. The Morgan fingerprint density at radius 2 is 2.00 bits per heavy atom. The topological polar surface area (TPSA) is 43.4 Å². The van der Waals surface area contributed by atoms with Crippen LogP contribution in [-0.2, 0) is 14.3 Å². The molecule has 3 nitrogen and oxygen atoms in total. The Balaban J connectivity index is 2.46. The minimum absolute atomic E-state index is 0.0177. The third-order valence-corrected chi connectivity index (χ3v) is 6.25. The molecule has 0 radical (unpaired) electrons. The molecule has 0 saturated heterocycles. The van der Waals surface area contributed by atoms with Crippen molar-refractivity contribution in [2.45, 2.75) is 37.8 Å². The molecule has 1 unspecified atom stereocenters. The highest BCUT2D eigenvalue weighted by Gasteiger charge is 2.67. The van der Waals surface area contributed by atoms with Gasteiger partial charge < -0.3 is 0 Å². The molecule has 20 heavy (non-hydrogen) atoms. The Hall–Kier alpha value is -0.270. The van der Waals surface area contributed by atoms with Crippen molar-refractivity contribution >= 4 is 21.7 Å². The van der Waals surface area contributed by atoms with Gasteiger partial charge in [0.25, 0.3) is 0 Å². The summed E-state index contributed by atoms with van der Waals surface area (Å²) in [5.41, 5.74) is -7.06. The molecule has 0 N–H and O–H groups in total. The molecule has 2 fully saturated rings. The first kappa shape index (κ1) is 16.1. The minimum atomic E-state index is -5.67. The smallest absolute Gasteiger partial charge is 0.252 e. The van der Waals surface area contributed by atoms with E-state index >= 15 is 0 Å². The molecule has 2 aliphatic rings. The fraction of sp³-hybridized carbons (Fsp3) is 0.833. The molecule has 8 heteroatoms. The molecule has 0 aromatic rings. The van der Waals surface area contributed by atoms with Crippen LogP contribution in [0.4, 0.5) is 13.2 Å². The quantitative estimate of drug-likeness (QED) is 0.344. The largest absolute Gasteiger partial charge is 0.523 e. The Kier molecular flexibility index (Phi) is 3.51. The van der Waals surface area contributed by atoms with E-state index in [9.17, 15) is 21.6 Å². The third kappa shape index (κ3) is 1.93. The van der Waals surface area contributed by atoms with Crippen LogP contribution in [0.25, 0.3) is 0 Å². The van der Waals surface area contributed by atoms with E-state index in [4.69, 9.17) is 11.6 Å². The molecule has 2 rings (SSSR count). The van der Waals surface area contributed by atoms with E-state index < -0.39 is 32.6 Å². The molecule has 0 amide bonds. The van der Waals surface area contributed by atoms with Gasteiger partial charge in [-0.15, -0.1) is 11.6 Å². The van der Waals surface area contributed by atoms with Crippen molar-refractivity contribution in [1.29, 1.82) is 0 Å². The van der Waals surface area contributed by atoms with Gasteiger partial charge >= 0.3 is 15.6 Å². The highest BCUT2D eigenvalue weighted by Crippen LogP contribution is 2.66. The third-order valence-electron chi connectivity index (χ3n) is 4.84. The van der Waals surface area contributed by atoms with Crippen molar-refractivity contribution in [2.24, 2.45) is 17.3 Å². The normalized spacial score (nSPS) is 36.6. The van der Waals surface area contributed by atoms with Gasteiger partial charge in [-0.2, -0.15) is 21.6 Å². The van der Waals surface area contributed by atoms with Crippen molar-refractivity contribution in [3.05, 3.63) is 12.2 Å². The lowest BCUT2D eigenvalue weighted by atomic mass is 9.72. The Morgan fingerprint density at radius 3 is 2.45 bits per heavy atom. The summed E-state index contributed by atoms with van der Waals surface area (Å²) < 4.78 is 65.2. The van der Waals surface area contributed by atoms with E-state index in [1.807, 2.05) is 13.8 Å². The van der Waals surface area contributed by atoms with Crippen LogP contribution in [0.5, 0.6) is 0 Å². The number of hydrogen-bond donors (Lipinski definition) is 0. The summed E-state index contributed by atoms with van der Waals surface area (Å²) in [6.45, 7) is 7.49. The van der Waals surface area contributed by atoms with E-state index in [0.29, 0.717) is 12.0 Å². The Labute approximate surface area is 121 Å². The summed E-state index contributed by atoms with van der Waals surface area (Å²) in [5.74, 6) is -0.444. The zero-order chi connectivity index (χ0) is 15.6. The zero-order valence-electron chi connectivity index (χ0n) is 11.1. The van der Waals surface area contributed by atoms with Crippen LogP contribution in [-0.4, -0.2) is 25.4 Å². The van der Waals surface area contributed by atoms with Gasteiger partial charge in [-0.05, 0) is 29.7 Å². The van der Waals surface area contributed by atoms with Gasteiger partial charge in [-0.1, -0.05) is 20.4 Å². The van der Waals surface area contributed by atoms with Gasteiger partial charge in [-0.25, -0.2) is 0 Å². The predicted octanol–water partition coefficient (Wildman–Crippen LogP) is 3.45. The van der Waals surface area contributed by atoms with Crippen molar-refractivity contribution in [1.82, 2.24) is 0 Å². The highest BCUT2D eigenvalue weighted by molar-refractivity contribution is 7.87.